The molecule has 1 aliphatic rings. The molecule has 0 fully saturated rings. The summed E-state index contributed by atoms with van der Waals surface area (Å²) in [5, 5.41) is 0. The maximum absolute atomic E-state index is 14.3. The summed E-state index contributed by atoms with van der Waals surface area (Å²) in [6.45, 7) is 4.17. The van der Waals surface area contributed by atoms with Crippen LogP contribution in [0.2, 0.25) is 0 Å². The van der Waals surface area contributed by atoms with Gasteiger partial charge in [-0.05, 0) is 42.7 Å². The lowest BCUT2D eigenvalue weighted by Crippen LogP contribution is -2.52. The van der Waals surface area contributed by atoms with E-state index in [0.29, 0.717) is 0 Å². The number of rotatable bonds is 12. The Morgan fingerprint density at radius 2 is 1.28 bits per heavy atom. The summed E-state index contributed by atoms with van der Waals surface area (Å²) in [6.07, 6.45) is -10.1. The number of hydrogen-bond donors (Lipinski definition) is 0. The number of carbonyl (C=O) groups excluding carboxylic acids is 3. The van der Waals surface area contributed by atoms with E-state index in [9.17, 15) is 40.7 Å². The Bertz CT molecular complexity index is 1410. The van der Waals surface area contributed by atoms with Crippen LogP contribution in [0.3, 0.4) is 0 Å². The maximum Gasteiger partial charge on any atom is 0.432 e. The van der Waals surface area contributed by atoms with Crippen molar-refractivity contribution in [2.75, 3.05) is 20.8 Å². The molecule has 0 unspecified atom stereocenters. The Morgan fingerprint density at radius 3 is 1.72 bits per heavy atom. The van der Waals surface area contributed by atoms with Crippen LogP contribution in [0.15, 0.2) is 72.3 Å². The van der Waals surface area contributed by atoms with Crippen molar-refractivity contribution in [2.45, 2.75) is 69.7 Å². The average molecular weight is 659 g/mol. The van der Waals surface area contributed by atoms with Crippen molar-refractivity contribution in [1.82, 2.24) is 0 Å². The van der Waals surface area contributed by atoms with Crippen LogP contribution in [0, 0.1) is 11.3 Å². The second-order valence-corrected chi connectivity index (χ2v) is 11.8. The monoisotopic (exact) mass is 658 g/mol. The number of benzene rings is 2. The molecule has 0 aromatic heterocycles. The number of methoxy groups -OCH3 is 2. The first-order valence-corrected chi connectivity index (χ1v) is 14.3. The Morgan fingerprint density at radius 1 is 0.826 bits per heavy atom. The molecule has 1 aliphatic carbocycles. The minimum atomic E-state index is -5.21. The molecule has 0 saturated carbocycles. The summed E-state index contributed by atoms with van der Waals surface area (Å²) in [6, 6.07) is 12.5. The summed E-state index contributed by atoms with van der Waals surface area (Å²) in [4.78, 5) is 38.7. The Hall–Kier alpha value is -3.71. The van der Waals surface area contributed by atoms with Crippen molar-refractivity contribution in [1.29, 1.82) is 0 Å². The zero-order chi connectivity index (χ0) is 34.6. The van der Waals surface area contributed by atoms with E-state index in [-0.39, 0.29) is 30.6 Å². The molecule has 46 heavy (non-hydrogen) atoms. The third kappa shape index (κ3) is 7.15. The number of ketones is 1. The number of ether oxygens (including phenoxy) is 4. The zero-order valence-corrected chi connectivity index (χ0v) is 26.0. The van der Waals surface area contributed by atoms with Crippen LogP contribution in [-0.4, -0.2) is 57.0 Å². The molecule has 0 heterocycles. The van der Waals surface area contributed by atoms with E-state index in [1.807, 2.05) is 0 Å². The van der Waals surface area contributed by atoms with Crippen LogP contribution in [0.1, 0.15) is 51.2 Å². The molecule has 0 N–H and O–H groups in total. The summed E-state index contributed by atoms with van der Waals surface area (Å²) in [5.41, 5.74) is -8.37. The van der Waals surface area contributed by atoms with E-state index >= 15 is 0 Å². The molecule has 2 aromatic carbocycles. The molecular weight excluding hydrogens is 622 g/mol. The lowest BCUT2D eigenvalue weighted by atomic mass is 9.66. The SMILES string of the molecule is CO[C@@](C(=O)OCC1=CC(=O)CC(C)(C)[C@H]1CC[C@H](C)OC(=O)[C@](OC)(c1ccccc1)C(F)(F)F)(c1ccccc1)C(F)(F)F. The van der Waals surface area contributed by atoms with Gasteiger partial charge in [0.15, 0.2) is 5.78 Å². The molecule has 0 aliphatic heterocycles. The van der Waals surface area contributed by atoms with Crippen molar-refractivity contribution >= 4 is 17.7 Å². The maximum atomic E-state index is 14.3. The molecule has 252 valence electrons. The van der Waals surface area contributed by atoms with Gasteiger partial charge in [0.2, 0.25) is 0 Å². The fourth-order valence-electron chi connectivity index (χ4n) is 5.90. The van der Waals surface area contributed by atoms with Gasteiger partial charge in [-0.25, -0.2) is 9.59 Å². The van der Waals surface area contributed by atoms with Gasteiger partial charge >= 0.3 is 24.3 Å². The normalized spacial score (nSPS) is 20.1. The third-order valence-electron chi connectivity index (χ3n) is 8.25. The minimum absolute atomic E-state index is 0.000327. The van der Waals surface area contributed by atoms with Crippen molar-refractivity contribution in [3.63, 3.8) is 0 Å². The first kappa shape index (κ1) is 36.8. The average Bonchev–Trinajstić information content (AvgIpc) is 2.96. The molecular formula is C33H36F6O7. The van der Waals surface area contributed by atoms with Gasteiger partial charge in [-0.15, -0.1) is 0 Å². The summed E-state index contributed by atoms with van der Waals surface area (Å²) in [5.74, 6) is -4.34. The van der Waals surface area contributed by atoms with E-state index in [2.05, 4.69) is 0 Å². The summed E-state index contributed by atoms with van der Waals surface area (Å²) >= 11 is 0. The molecule has 4 atom stereocenters. The first-order chi connectivity index (χ1) is 21.4. The van der Waals surface area contributed by atoms with Crippen molar-refractivity contribution in [3.05, 3.63) is 83.4 Å². The molecule has 7 nitrogen and oxygen atoms in total. The van der Waals surface area contributed by atoms with Gasteiger partial charge in [-0.3, -0.25) is 4.79 Å². The van der Waals surface area contributed by atoms with E-state index in [1.165, 1.54) is 49.4 Å². The number of esters is 2. The van der Waals surface area contributed by atoms with Crippen LogP contribution >= 0.6 is 0 Å². The van der Waals surface area contributed by atoms with Gasteiger partial charge < -0.3 is 18.9 Å². The molecule has 0 saturated heterocycles. The summed E-state index contributed by atoms with van der Waals surface area (Å²) < 4.78 is 106. The summed E-state index contributed by atoms with van der Waals surface area (Å²) in [7, 11) is 1.48. The second kappa shape index (κ2) is 14.0. The number of carbonyl (C=O) groups is 3. The number of halogens is 6. The number of hydrogen-bond acceptors (Lipinski definition) is 7. The van der Waals surface area contributed by atoms with Crippen LogP contribution < -0.4 is 0 Å². The van der Waals surface area contributed by atoms with Crippen molar-refractivity contribution < 1.29 is 59.7 Å². The van der Waals surface area contributed by atoms with Crippen LogP contribution in [0.5, 0.6) is 0 Å². The first-order valence-electron chi connectivity index (χ1n) is 14.3. The highest BCUT2D eigenvalue weighted by atomic mass is 19.4. The molecule has 0 radical (unpaired) electrons. The largest absolute Gasteiger partial charge is 0.460 e. The van der Waals surface area contributed by atoms with Gasteiger partial charge in [0.1, 0.15) is 6.61 Å². The molecule has 2 aromatic rings. The zero-order valence-electron chi connectivity index (χ0n) is 26.0. The molecule has 0 bridgehead atoms. The van der Waals surface area contributed by atoms with Crippen molar-refractivity contribution in [2.24, 2.45) is 11.3 Å². The van der Waals surface area contributed by atoms with Crippen LogP contribution in [-0.2, 0) is 44.5 Å². The fourth-order valence-corrected chi connectivity index (χ4v) is 5.90. The highest BCUT2D eigenvalue weighted by molar-refractivity contribution is 5.92. The van der Waals surface area contributed by atoms with E-state index < -0.39 is 70.7 Å². The smallest absolute Gasteiger partial charge is 0.432 e. The van der Waals surface area contributed by atoms with Crippen LogP contribution in [0.25, 0.3) is 0 Å². The van der Waals surface area contributed by atoms with E-state index in [4.69, 9.17) is 18.9 Å². The highest BCUT2D eigenvalue weighted by Crippen LogP contribution is 2.46. The number of allylic oxidation sites excluding steroid dienone is 1. The topological polar surface area (TPSA) is 88.1 Å². The van der Waals surface area contributed by atoms with E-state index in [1.54, 1.807) is 13.8 Å². The van der Waals surface area contributed by atoms with Gasteiger partial charge in [0, 0.05) is 31.8 Å². The Labute approximate surface area is 262 Å². The molecule has 0 amide bonds. The van der Waals surface area contributed by atoms with Crippen molar-refractivity contribution in [3.8, 4) is 0 Å². The standard InChI is InChI=1S/C33H36F6O7/c1-21(46-28(42)31(44-5,33(37,38)39)24-14-10-7-11-15-24)16-17-26-22(18-25(40)19-29(26,2)3)20-45-27(41)30(43-4,32(34,35)36)23-12-8-6-9-13-23/h6-15,18,21,26H,16-17,19-20H2,1-5H3/t21-,26-,30+,31+/m0/s1. The van der Waals surface area contributed by atoms with Gasteiger partial charge in [0.05, 0.1) is 6.10 Å². The fraction of sp³-hybridized carbons (Fsp3) is 0.485. The molecule has 0 spiro atoms. The lowest BCUT2D eigenvalue weighted by molar-refractivity contribution is -0.278. The quantitative estimate of drug-likeness (QED) is 0.180. The van der Waals surface area contributed by atoms with Gasteiger partial charge in [0.25, 0.3) is 11.2 Å². The Balaban J connectivity index is 1.81. The van der Waals surface area contributed by atoms with E-state index in [0.717, 1.165) is 38.5 Å². The van der Waals surface area contributed by atoms with Gasteiger partial charge in [-0.2, -0.15) is 26.3 Å². The second-order valence-electron chi connectivity index (χ2n) is 11.8. The molecule has 3 rings (SSSR count). The van der Waals surface area contributed by atoms with Gasteiger partial charge in [-0.1, -0.05) is 74.5 Å². The van der Waals surface area contributed by atoms with Crippen LogP contribution in [0.4, 0.5) is 26.3 Å². The lowest BCUT2D eigenvalue weighted by Gasteiger charge is -2.39. The third-order valence-corrected chi connectivity index (χ3v) is 8.25. The highest BCUT2D eigenvalue weighted by Gasteiger charge is 2.65. The Kier molecular flexibility index (Phi) is 11.2. The number of alkyl halides is 6. The predicted molar refractivity (Wildman–Crippen MR) is 153 cm³/mol. The molecule has 13 heteroatoms. The minimum Gasteiger partial charge on any atom is -0.460 e. The predicted octanol–water partition coefficient (Wildman–Crippen LogP) is 6.99.